The van der Waals surface area contributed by atoms with E-state index in [2.05, 4.69) is 12.6 Å². The highest BCUT2D eigenvalue weighted by Crippen LogP contribution is 2.00. The van der Waals surface area contributed by atoms with Crippen molar-refractivity contribution in [1.82, 2.24) is 0 Å². The molecule has 0 aliphatic rings. The standard InChI is InChI=1S/C2H4Cl2S/c3-1-2(4)5/h2,5H,1H2. The van der Waals surface area contributed by atoms with Crippen LogP contribution in [0, 0.1) is 0 Å². The fourth-order valence-electron chi connectivity index (χ4n) is 0. The smallest absolute Gasteiger partial charge is 0.0894 e. The van der Waals surface area contributed by atoms with Gasteiger partial charge in [0.2, 0.25) is 0 Å². The average Bonchev–Trinajstić information content (AvgIpc) is 1.38. The second-order valence-corrected chi connectivity index (χ2v) is 2.35. The van der Waals surface area contributed by atoms with Gasteiger partial charge in [0.25, 0.3) is 0 Å². The summed E-state index contributed by atoms with van der Waals surface area (Å²) in [6, 6.07) is 0. The highest BCUT2D eigenvalue weighted by Gasteiger charge is 1.86. The van der Waals surface area contributed by atoms with Crippen LogP contribution >= 0.6 is 35.8 Å². The van der Waals surface area contributed by atoms with Crippen molar-refractivity contribution < 1.29 is 0 Å². The van der Waals surface area contributed by atoms with Crippen molar-refractivity contribution in [3.05, 3.63) is 0 Å². The minimum atomic E-state index is -0.184. The minimum Gasteiger partial charge on any atom is -0.158 e. The van der Waals surface area contributed by atoms with Crippen LogP contribution in [0.5, 0.6) is 0 Å². The fourth-order valence-corrected chi connectivity index (χ4v) is 0. The summed E-state index contributed by atoms with van der Waals surface area (Å²) >= 11 is 14.1. The SMILES string of the molecule is SC(Cl)CCl. The minimum absolute atomic E-state index is 0.184. The van der Waals surface area contributed by atoms with Gasteiger partial charge in [0.15, 0.2) is 0 Å². The van der Waals surface area contributed by atoms with Crippen LogP contribution in [-0.2, 0) is 0 Å². The average molecular weight is 131 g/mol. The van der Waals surface area contributed by atoms with Crippen molar-refractivity contribution in [3.8, 4) is 0 Å². The molecule has 0 bridgehead atoms. The number of halogens is 2. The third kappa shape index (κ3) is 4.93. The topological polar surface area (TPSA) is 0 Å². The molecule has 0 aromatic rings. The highest BCUT2D eigenvalue weighted by atomic mass is 35.5. The lowest BCUT2D eigenvalue weighted by atomic mass is 10.9. The van der Waals surface area contributed by atoms with Crippen molar-refractivity contribution in [2.75, 3.05) is 5.88 Å². The van der Waals surface area contributed by atoms with E-state index in [1.165, 1.54) is 0 Å². The first-order valence-corrected chi connectivity index (χ1v) is 2.64. The maximum absolute atomic E-state index is 5.19. The molecular weight excluding hydrogens is 127 g/mol. The second kappa shape index (κ2) is 3.13. The second-order valence-electron chi connectivity index (χ2n) is 0.589. The molecule has 5 heavy (non-hydrogen) atoms. The van der Waals surface area contributed by atoms with E-state index in [1.807, 2.05) is 0 Å². The predicted molar refractivity (Wildman–Crippen MR) is 29.3 cm³/mol. The quantitative estimate of drug-likeness (QED) is 0.406. The van der Waals surface area contributed by atoms with Gasteiger partial charge < -0.3 is 0 Å². The Morgan fingerprint density at radius 1 is 1.80 bits per heavy atom. The Kier molecular flexibility index (Phi) is 3.72. The van der Waals surface area contributed by atoms with Gasteiger partial charge in [-0.15, -0.1) is 23.2 Å². The predicted octanol–water partition coefficient (Wildman–Crippen LogP) is 1.72. The van der Waals surface area contributed by atoms with Crippen LogP contribution in [0.1, 0.15) is 0 Å². The first-order valence-electron chi connectivity index (χ1n) is 1.15. The van der Waals surface area contributed by atoms with E-state index < -0.39 is 0 Å². The molecule has 0 aromatic heterocycles. The van der Waals surface area contributed by atoms with E-state index >= 15 is 0 Å². The summed E-state index contributed by atoms with van der Waals surface area (Å²) in [7, 11) is 0. The number of hydrogen-bond donors (Lipinski definition) is 1. The molecule has 0 aromatic carbocycles. The van der Waals surface area contributed by atoms with Gasteiger partial charge in [0, 0.05) is 5.88 Å². The molecule has 1 atom stereocenters. The molecular formula is C2H4Cl2S. The van der Waals surface area contributed by atoms with Crippen molar-refractivity contribution >= 4 is 35.8 Å². The first kappa shape index (κ1) is 5.93. The van der Waals surface area contributed by atoms with Crippen LogP contribution < -0.4 is 0 Å². The van der Waals surface area contributed by atoms with Crippen molar-refractivity contribution in [1.29, 1.82) is 0 Å². The molecule has 0 amide bonds. The Hall–Kier alpha value is 0.930. The van der Waals surface area contributed by atoms with Crippen LogP contribution in [0.3, 0.4) is 0 Å². The Labute approximate surface area is 46.9 Å². The third-order valence-corrected chi connectivity index (χ3v) is 1.15. The van der Waals surface area contributed by atoms with Crippen molar-refractivity contribution in [3.63, 3.8) is 0 Å². The van der Waals surface area contributed by atoms with Gasteiger partial charge in [-0.25, -0.2) is 0 Å². The van der Waals surface area contributed by atoms with Crippen molar-refractivity contribution in [2.24, 2.45) is 0 Å². The monoisotopic (exact) mass is 130 g/mol. The number of thiol groups is 1. The molecule has 0 nitrogen and oxygen atoms in total. The zero-order valence-electron chi connectivity index (χ0n) is 2.49. The van der Waals surface area contributed by atoms with Crippen LogP contribution in [-0.4, -0.2) is 10.6 Å². The molecule has 0 fully saturated rings. The highest BCUT2D eigenvalue weighted by molar-refractivity contribution is 7.82. The Morgan fingerprint density at radius 3 is 2.00 bits per heavy atom. The summed E-state index contributed by atoms with van der Waals surface area (Å²) in [4.78, 5) is 0. The number of alkyl halides is 2. The maximum Gasteiger partial charge on any atom is 0.0894 e. The van der Waals surface area contributed by atoms with Gasteiger partial charge >= 0.3 is 0 Å². The van der Waals surface area contributed by atoms with E-state index in [1.54, 1.807) is 0 Å². The Bertz CT molecular complexity index is 21.6. The summed E-state index contributed by atoms with van der Waals surface area (Å²) < 4.78 is -0.184. The first-order chi connectivity index (χ1) is 2.27. The molecule has 0 spiro atoms. The molecule has 1 unspecified atom stereocenters. The van der Waals surface area contributed by atoms with Gasteiger partial charge in [-0.2, -0.15) is 12.6 Å². The summed E-state index contributed by atoms with van der Waals surface area (Å²) in [6.07, 6.45) is 0. The molecule has 3 heteroatoms. The van der Waals surface area contributed by atoms with Gasteiger partial charge in [-0.05, 0) is 0 Å². The summed E-state index contributed by atoms with van der Waals surface area (Å²) in [5, 5.41) is 0. The zero-order valence-corrected chi connectivity index (χ0v) is 4.89. The lowest BCUT2D eigenvalue weighted by Gasteiger charge is -1.84. The van der Waals surface area contributed by atoms with E-state index in [9.17, 15) is 0 Å². The van der Waals surface area contributed by atoms with E-state index in [0.717, 1.165) is 0 Å². The summed E-state index contributed by atoms with van der Waals surface area (Å²) in [5.74, 6) is 0.407. The van der Waals surface area contributed by atoms with E-state index in [0.29, 0.717) is 5.88 Å². The lowest BCUT2D eigenvalue weighted by Crippen LogP contribution is -1.82. The fraction of sp³-hybridized carbons (Fsp3) is 1.00. The Morgan fingerprint density at radius 2 is 2.00 bits per heavy atom. The molecule has 0 aliphatic carbocycles. The molecule has 0 rings (SSSR count). The van der Waals surface area contributed by atoms with Gasteiger partial charge in [-0.3, -0.25) is 0 Å². The molecule has 0 N–H and O–H groups in total. The molecule has 32 valence electrons. The summed E-state index contributed by atoms with van der Waals surface area (Å²) in [5.41, 5.74) is 0. The number of hydrogen-bond acceptors (Lipinski definition) is 1. The van der Waals surface area contributed by atoms with Gasteiger partial charge in [0.1, 0.15) is 0 Å². The van der Waals surface area contributed by atoms with Crippen molar-refractivity contribution in [2.45, 2.75) is 4.71 Å². The molecule has 0 saturated carbocycles. The third-order valence-electron chi connectivity index (χ3n) is 0.127. The lowest BCUT2D eigenvalue weighted by molar-refractivity contribution is 1.43. The Balaban J connectivity index is 2.54. The van der Waals surface area contributed by atoms with Crippen LogP contribution in [0.2, 0.25) is 0 Å². The van der Waals surface area contributed by atoms with E-state index in [-0.39, 0.29) is 4.71 Å². The van der Waals surface area contributed by atoms with Crippen LogP contribution in [0.15, 0.2) is 0 Å². The molecule has 0 radical (unpaired) electrons. The maximum atomic E-state index is 5.19. The van der Waals surface area contributed by atoms with Gasteiger partial charge in [0.05, 0.1) is 4.71 Å². The molecule has 0 aliphatic heterocycles. The van der Waals surface area contributed by atoms with Crippen LogP contribution in [0.25, 0.3) is 0 Å². The molecule has 0 heterocycles. The largest absolute Gasteiger partial charge is 0.158 e. The van der Waals surface area contributed by atoms with Gasteiger partial charge in [-0.1, -0.05) is 0 Å². The van der Waals surface area contributed by atoms with Crippen LogP contribution in [0.4, 0.5) is 0 Å². The zero-order chi connectivity index (χ0) is 4.28. The summed E-state index contributed by atoms with van der Waals surface area (Å²) in [6.45, 7) is 0. The number of rotatable bonds is 1. The van der Waals surface area contributed by atoms with E-state index in [4.69, 9.17) is 23.2 Å². The molecule has 0 saturated heterocycles. The normalized spacial score (nSPS) is 15.0.